The summed E-state index contributed by atoms with van der Waals surface area (Å²) in [6, 6.07) is 0. The number of ether oxygens (including phenoxy) is 6. The summed E-state index contributed by atoms with van der Waals surface area (Å²) >= 11 is 0. The number of carbonyl (C=O) groups is 2. The average molecular weight is 925 g/mol. The highest BCUT2D eigenvalue weighted by Crippen LogP contribution is 2.74. The number of ketones is 1. The zero-order chi connectivity index (χ0) is 47.6. The first-order valence-corrected chi connectivity index (χ1v) is 24.0. The molecule has 0 aromatic rings. The summed E-state index contributed by atoms with van der Waals surface area (Å²) in [5, 5.41) is 96.5. The number of fused-ring (bicyclic) bond motifs is 6. The van der Waals surface area contributed by atoms with E-state index in [1.165, 1.54) is 18.1 Å². The summed E-state index contributed by atoms with van der Waals surface area (Å²) in [5.74, 6) is 0.548. The van der Waals surface area contributed by atoms with Gasteiger partial charge >= 0.3 is 5.97 Å². The van der Waals surface area contributed by atoms with Crippen LogP contribution in [0.15, 0.2) is 11.1 Å². The SMILES string of the molecule is C[C@@H]1O[C@H](O[C@H]2[C@H](O)[C@@H](O)[C@H](OC[C@H]3O[C@@H](OC(=O)[C@@]45CCC6=C(CC[C@@H]7[C@@]8(C)CCC(=O)C(C)(C)[C@@H]8CC[C@@]67C)[C@]4(C)CC(C)(C)CC5)[C@H](O)[C@@H](O)[C@@H]3O)O[C@@H]2CO)[C@H](O)[C@H](O)[C@H]1O. The van der Waals surface area contributed by atoms with Crippen LogP contribution < -0.4 is 0 Å². The van der Waals surface area contributed by atoms with Crippen LogP contribution in [0.4, 0.5) is 0 Å². The van der Waals surface area contributed by atoms with Gasteiger partial charge in [0, 0.05) is 17.3 Å². The maximum Gasteiger partial charge on any atom is 0.315 e. The lowest BCUT2D eigenvalue weighted by atomic mass is 9.36. The third-order valence-corrected chi connectivity index (χ3v) is 18.7. The number of rotatable bonds is 8. The zero-order valence-corrected chi connectivity index (χ0v) is 39.3. The van der Waals surface area contributed by atoms with Crippen LogP contribution in [0.2, 0.25) is 0 Å². The Labute approximate surface area is 381 Å². The fourth-order valence-corrected chi connectivity index (χ4v) is 15.0. The van der Waals surface area contributed by atoms with Crippen molar-refractivity contribution in [2.24, 2.45) is 44.3 Å². The van der Waals surface area contributed by atoms with E-state index in [2.05, 4.69) is 48.5 Å². The molecule has 0 amide bonds. The van der Waals surface area contributed by atoms with Crippen molar-refractivity contribution in [2.45, 2.75) is 218 Å². The second kappa shape index (κ2) is 17.3. The van der Waals surface area contributed by atoms with Gasteiger partial charge in [-0.25, -0.2) is 0 Å². The Morgan fingerprint density at radius 1 is 0.646 bits per heavy atom. The highest BCUT2D eigenvalue weighted by molar-refractivity contribution is 5.85. The normalized spacial score (nSPS) is 51.8. The molecule has 5 aliphatic carbocycles. The Hall–Kier alpha value is -1.68. The quantitative estimate of drug-likeness (QED) is 0.123. The highest BCUT2D eigenvalue weighted by Gasteiger charge is 2.68. The Morgan fingerprint density at radius 2 is 1.29 bits per heavy atom. The van der Waals surface area contributed by atoms with Crippen molar-refractivity contribution in [1.29, 1.82) is 0 Å². The van der Waals surface area contributed by atoms with E-state index in [1.54, 1.807) is 0 Å². The Balaban J connectivity index is 0.982. The smallest absolute Gasteiger partial charge is 0.315 e. The molecule has 0 spiro atoms. The third-order valence-electron chi connectivity index (χ3n) is 18.7. The van der Waals surface area contributed by atoms with Crippen molar-refractivity contribution in [2.75, 3.05) is 13.2 Å². The topological polar surface area (TPSA) is 272 Å². The first-order chi connectivity index (χ1) is 30.3. The molecule has 65 heavy (non-hydrogen) atoms. The number of carbonyl (C=O) groups excluding carboxylic acids is 2. The summed E-state index contributed by atoms with van der Waals surface area (Å²) < 4.78 is 34.8. The molecular weight excluding hydrogens is 849 g/mol. The molecule has 0 unspecified atom stereocenters. The molecule has 17 nitrogen and oxygen atoms in total. The van der Waals surface area contributed by atoms with Gasteiger partial charge in [0.05, 0.1) is 24.7 Å². The molecule has 9 N–H and O–H groups in total. The summed E-state index contributed by atoms with van der Waals surface area (Å²) in [5.41, 5.74) is 0.735. The molecule has 6 fully saturated rings. The lowest BCUT2D eigenvalue weighted by Crippen LogP contribution is -2.65. The van der Waals surface area contributed by atoms with Crippen LogP contribution in [0.1, 0.15) is 126 Å². The number of aliphatic hydroxyl groups excluding tert-OH is 9. The second-order valence-electron chi connectivity index (χ2n) is 23.2. The fraction of sp³-hybridized carbons (Fsp3) is 0.917. The number of allylic oxidation sites excluding steroid dienone is 2. The van der Waals surface area contributed by atoms with Gasteiger partial charge in [0.25, 0.3) is 0 Å². The molecule has 8 aliphatic rings. The van der Waals surface area contributed by atoms with Gasteiger partial charge in [0.1, 0.15) is 72.9 Å². The predicted octanol–water partition coefficient (Wildman–Crippen LogP) is 1.52. The number of hydrogen-bond donors (Lipinski definition) is 9. The van der Waals surface area contributed by atoms with Crippen LogP contribution in [0.5, 0.6) is 0 Å². The number of aliphatic hydroxyl groups is 9. The minimum Gasteiger partial charge on any atom is -0.432 e. The van der Waals surface area contributed by atoms with E-state index in [1.807, 2.05) is 0 Å². The molecule has 0 aromatic carbocycles. The first kappa shape index (κ1) is 49.7. The molecule has 0 radical (unpaired) electrons. The van der Waals surface area contributed by atoms with Gasteiger partial charge in [-0.1, -0.05) is 59.6 Å². The number of hydrogen-bond acceptors (Lipinski definition) is 17. The summed E-state index contributed by atoms with van der Waals surface area (Å²) in [6.07, 6.45) is -15.4. The van der Waals surface area contributed by atoms with E-state index in [4.69, 9.17) is 28.4 Å². The Kier molecular flexibility index (Phi) is 13.3. The molecular formula is C48H76O17. The number of esters is 1. The van der Waals surface area contributed by atoms with Crippen molar-refractivity contribution < 1.29 is 84.0 Å². The molecule has 8 rings (SSSR count). The maximum absolute atomic E-state index is 15.0. The maximum atomic E-state index is 15.0. The molecule has 370 valence electrons. The van der Waals surface area contributed by atoms with Crippen molar-refractivity contribution in [3.8, 4) is 0 Å². The van der Waals surface area contributed by atoms with Crippen LogP contribution in [0, 0.1) is 44.3 Å². The lowest BCUT2D eigenvalue weighted by molar-refractivity contribution is -0.361. The van der Waals surface area contributed by atoms with Crippen molar-refractivity contribution in [3.63, 3.8) is 0 Å². The monoisotopic (exact) mass is 925 g/mol. The zero-order valence-electron chi connectivity index (χ0n) is 39.3. The van der Waals surface area contributed by atoms with Gasteiger partial charge in [-0.05, 0) is 99.2 Å². The van der Waals surface area contributed by atoms with Crippen molar-refractivity contribution in [3.05, 3.63) is 11.1 Å². The van der Waals surface area contributed by atoms with Gasteiger partial charge in [-0.15, -0.1) is 0 Å². The van der Waals surface area contributed by atoms with Crippen LogP contribution in [0.3, 0.4) is 0 Å². The first-order valence-electron chi connectivity index (χ1n) is 24.0. The lowest BCUT2D eigenvalue weighted by Gasteiger charge is -2.67. The van der Waals surface area contributed by atoms with Gasteiger partial charge in [-0.2, -0.15) is 0 Å². The minimum atomic E-state index is -1.84. The summed E-state index contributed by atoms with van der Waals surface area (Å²) in [4.78, 5) is 28.3. The molecule has 3 heterocycles. The third kappa shape index (κ3) is 7.82. The number of Topliss-reactive ketones (excluding diaryl/α,β-unsaturated/α-hetero) is 1. The van der Waals surface area contributed by atoms with Crippen LogP contribution in [-0.2, 0) is 38.0 Å². The minimum absolute atomic E-state index is 0.0201. The summed E-state index contributed by atoms with van der Waals surface area (Å²) in [6.45, 7) is 15.9. The van der Waals surface area contributed by atoms with Crippen LogP contribution in [-0.4, -0.2) is 163 Å². The van der Waals surface area contributed by atoms with Crippen molar-refractivity contribution >= 4 is 11.8 Å². The van der Waals surface area contributed by atoms with E-state index in [9.17, 15) is 50.8 Å². The fourth-order valence-electron chi connectivity index (χ4n) is 15.0. The van der Waals surface area contributed by atoms with E-state index < -0.39 is 122 Å². The molecule has 21 atom stereocenters. The standard InChI is InChI=1S/C48H76O17/c1-22-30(51)32(53)35(56)40(61-22)64-38-25(19-49)62-39(37(58)34(38)55)60-20-26-31(52)33(54)36(57)41(63-26)65-42(59)48-16-11-23-24(47(48,8)21-43(2,3)17-18-48)9-10-28-45(23,6)14-12-27-44(4,5)29(50)13-15-46(27,28)7/h22,25-28,30-41,49,51-58H,9-21H2,1-8H3/t22-,25+,26+,27-,28-,30-,31+,32+,33-,34+,35+,36+,37+,38+,39+,40+,41-,45-,46-,47-,48-/m0/s1. The van der Waals surface area contributed by atoms with Gasteiger partial charge in [-0.3, -0.25) is 9.59 Å². The second-order valence-corrected chi connectivity index (χ2v) is 23.2. The van der Waals surface area contributed by atoms with E-state index in [-0.39, 0.29) is 21.7 Å². The molecule has 0 aromatic heterocycles. The van der Waals surface area contributed by atoms with E-state index in [0.29, 0.717) is 36.9 Å². The highest BCUT2D eigenvalue weighted by atomic mass is 16.8. The van der Waals surface area contributed by atoms with E-state index in [0.717, 1.165) is 51.4 Å². The summed E-state index contributed by atoms with van der Waals surface area (Å²) in [7, 11) is 0. The van der Waals surface area contributed by atoms with Crippen LogP contribution >= 0.6 is 0 Å². The molecule has 17 heteroatoms. The largest absolute Gasteiger partial charge is 0.432 e. The van der Waals surface area contributed by atoms with Crippen molar-refractivity contribution in [1.82, 2.24) is 0 Å². The van der Waals surface area contributed by atoms with E-state index >= 15 is 4.79 Å². The molecule has 3 saturated heterocycles. The Bertz CT molecular complexity index is 1840. The van der Waals surface area contributed by atoms with Gasteiger partial charge in [0.15, 0.2) is 12.6 Å². The molecule has 3 aliphatic heterocycles. The average Bonchev–Trinajstić information content (AvgIpc) is 3.24. The van der Waals surface area contributed by atoms with Gasteiger partial charge in [0.2, 0.25) is 6.29 Å². The van der Waals surface area contributed by atoms with Gasteiger partial charge < -0.3 is 74.4 Å². The molecule has 3 saturated carbocycles. The predicted molar refractivity (Wildman–Crippen MR) is 228 cm³/mol. The Morgan fingerprint density at radius 3 is 1.98 bits per heavy atom. The van der Waals surface area contributed by atoms with Crippen LogP contribution in [0.25, 0.3) is 0 Å². The molecule has 0 bridgehead atoms.